The molecule has 0 spiro atoms. The third kappa shape index (κ3) is 3.68. The lowest BCUT2D eigenvalue weighted by Gasteiger charge is -2.17. The zero-order valence-electron chi connectivity index (χ0n) is 8.87. The summed E-state index contributed by atoms with van der Waals surface area (Å²) in [5.74, 6) is 1.08. The van der Waals surface area contributed by atoms with Crippen LogP contribution >= 0.6 is 34.4 Å². The first kappa shape index (κ1) is 12.8. The van der Waals surface area contributed by atoms with Crippen LogP contribution in [-0.2, 0) is 0 Å². The van der Waals surface area contributed by atoms with Gasteiger partial charge in [-0.15, -0.1) is 0 Å². The Hall–Kier alpha value is -0.230. The highest BCUT2D eigenvalue weighted by Gasteiger charge is 2.13. The predicted molar refractivity (Wildman–Crippen MR) is 74.5 cm³/mol. The normalized spacial score (nSPS) is 10.1. The van der Waals surface area contributed by atoms with Gasteiger partial charge >= 0.3 is 0 Å². The molecular formula is C11H14INOS. The topological polar surface area (TPSA) is 20.3 Å². The predicted octanol–water partition coefficient (Wildman–Crippen LogP) is 2.73. The van der Waals surface area contributed by atoms with Crippen molar-refractivity contribution in [2.45, 2.75) is 0 Å². The second-order valence-electron chi connectivity index (χ2n) is 3.20. The van der Waals surface area contributed by atoms with Crippen LogP contribution in [0.5, 0.6) is 0 Å². The van der Waals surface area contributed by atoms with E-state index >= 15 is 0 Å². The van der Waals surface area contributed by atoms with E-state index in [0.29, 0.717) is 0 Å². The minimum Gasteiger partial charge on any atom is -0.341 e. The Morgan fingerprint density at radius 1 is 1.47 bits per heavy atom. The molecule has 0 aliphatic carbocycles. The Morgan fingerprint density at radius 2 is 2.13 bits per heavy atom. The van der Waals surface area contributed by atoms with Crippen molar-refractivity contribution in [3.63, 3.8) is 0 Å². The first-order chi connectivity index (χ1) is 7.16. The number of amides is 1. The molecule has 2 nitrogen and oxygen atoms in total. The Balaban J connectivity index is 2.72. The highest BCUT2D eigenvalue weighted by molar-refractivity contribution is 14.1. The number of hydrogen-bond acceptors (Lipinski definition) is 2. The van der Waals surface area contributed by atoms with Crippen molar-refractivity contribution in [3.05, 3.63) is 33.4 Å². The molecule has 1 aromatic rings. The maximum atomic E-state index is 12.0. The molecule has 82 valence electrons. The number of nitrogens with zero attached hydrogens (tertiary/aromatic N) is 1. The van der Waals surface area contributed by atoms with Crippen molar-refractivity contribution >= 4 is 40.3 Å². The second-order valence-corrected chi connectivity index (χ2v) is 5.35. The number of thioether (sulfide) groups is 1. The molecule has 0 radical (unpaired) electrons. The van der Waals surface area contributed by atoms with Crippen molar-refractivity contribution in [3.8, 4) is 0 Å². The molecule has 0 heterocycles. The largest absolute Gasteiger partial charge is 0.341 e. The average Bonchev–Trinajstić information content (AvgIpc) is 2.25. The maximum Gasteiger partial charge on any atom is 0.254 e. The van der Waals surface area contributed by atoms with Crippen LogP contribution in [0.15, 0.2) is 24.3 Å². The average molecular weight is 335 g/mol. The van der Waals surface area contributed by atoms with E-state index in [1.807, 2.05) is 37.6 Å². The van der Waals surface area contributed by atoms with E-state index in [-0.39, 0.29) is 5.91 Å². The van der Waals surface area contributed by atoms with Crippen LogP contribution in [0, 0.1) is 3.57 Å². The monoisotopic (exact) mass is 335 g/mol. The fourth-order valence-electron chi connectivity index (χ4n) is 1.17. The van der Waals surface area contributed by atoms with Crippen LogP contribution in [0.3, 0.4) is 0 Å². The van der Waals surface area contributed by atoms with Gasteiger partial charge in [-0.05, 0) is 41.0 Å². The van der Waals surface area contributed by atoms with Crippen LogP contribution in [0.25, 0.3) is 0 Å². The minimum atomic E-state index is 0.106. The summed E-state index contributed by atoms with van der Waals surface area (Å²) < 4.78 is 1.01. The molecule has 0 saturated carbocycles. The molecule has 0 bridgehead atoms. The Kier molecular flexibility index (Phi) is 5.45. The highest BCUT2D eigenvalue weighted by atomic mass is 127. The molecule has 0 saturated heterocycles. The fourth-order valence-corrected chi connectivity index (χ4v) is 2.24. The molecular weight excluding hydrogens is 321 g/mol. The SMILES string of the molecule is CSCCN(C)C(=O)c1ccccc1I. The summed E-state index contributed by atoms with van der Waals surface area (Å²) in [6.07, 6.45) is 2.05. The number of halogens is 1. The van der Waals surface area contributed by atoms with Gasteiger partial charge in [0.25, 0.3) is 5.91 Å². The van der Waals surface area contributed by atoms with Crippen molar-refractivity contribution in [2.75, 3.05) is 25.6 Å². The summed E-state index contributed by atoms with van der Waals surface area (Å²) in [5, 5.41) is 0. The summed E-state index contributed by atoms with van der Waals surface area (Å²) >= 11 is 3.94. The van der Waals surface area contributed by atoms with Crippen LogP contribution in [0.2, 0.25) is 0 Å². The van der Waals surface area contributed by atoms with Gasteiger partial charge in [-0.3, -0.25) is 4.79 Å². The van der Waals surface area contributed by atoms with E-state index in [1.165, 1.54) is 0 Å². The van der Waals surface area contributed by atoms with Gasteiger partial charge in [0, 0.05) is 22.9 Å². The molecule has 4 heteroatoms. The zero-order chi connectivity index (χ0) is 11.3. The van der Waals surface area contributed by atoms with Gasteiger partial charge in [-0.1, -0.05) is 12.1 Å². The second kappa shape index (κ2) is 6.37. The summed E-state index contributed by atoms with van der Waals surface area (Å²) in [5.41, 5.74) is 0.793. The molecule has 0 unspecified atom stereocenters. The van der Waals surface area contributed by atoms with E-state index in [2.05, 4.69) is 22.6 Å². The van der Waals surface area contributed by atoms with E-state index in [9.17, 15) is 4.79 Å². The van der Waals surface area contributed by atoms with Crippen molar-refractivity contribution in [2.24, 2.45) is 0 Å². The molecule has 1 amide bonds. The third-order valence-electron chi connectivity index (χ3n) is 2.08. The van der Waals surface area contributed by atoms with Crippen LogP contribution in [0.1, 0.15) is 10.4 Å². The molecule has 0 N–H and O–H groups in total. The minimum absolute atomic E-state index is 0.106. The van der Waals surface area contributed by atoms with E-state index in [1.54, 1.807) is 16.7 Å². The van der Waals surface area contributed by atoms with Gasteiger partial charge in [0.1, 0.15) is 0 Å². The molecule has 1 aromatic carbocycles. The first-order valence-corrected chi connectivity index (χ1v) is 7.13. The Bertz CT molecular complexity index is 343. The maximum absolute atomic E-state index is 12.0. The summed E-state index contributed by atoms with van der Waals surface area (Å²) in [6, 6.07) is 7.67. The van der Waals surface area contributed by atoms with Gasteiger partial charge in [0.2, 0.25) is 0 Å². The van der Waals surface area contributed by atoms with Crippen LogP contribution in [-0.4, -0.2) is 36.4 Å². The van der Waals surface area contributed by atoms with Crippen LogP contribution < -0.4 is 0 Å². The number of benzene rings is 1. The number of hydrogen-bond donors (Lipinski definition) is 0. The first-order valence-electron chi connectivity index (χ1n) is 4.65. The van der Waals surface area contributed by atoms with E-state index < -0.39 is 0 Å². The number of carbonyl (C=O) groups excluding carboxylic acids is 1. The lowest BCUT2D eigenvalue weighted by Crippen LogP contribution is -2.29. The number of carbonyl (C=O) groups is 1. The third-order valence-corrected chi connectivity index (χ3v) is 3.61. The summed E-state index contributed by atoms with van der Waals surface area (Å²) in [7, 11) is 1.85. The summed E-state index contributed by atoms with van der Waals surface area (Å²) in [6.45, 7) is 0.797. The Morgan fingerprint density at radius 3 is 2.73 bits per heavy atom. The molecule has 0 atom stereocenters. The van der Waals surface area contributed by atoms with Gasteiger partial charge in [0.05, 0.1) is 5.56 Å². The lowest BCUT2D eigenvalue weighted by atomic mass is 10.2. The zero-order valence-corrected chi connectivity index (χ0v) is 11.8. The Labute approximate surface area is 109 Å². The summed E-state index contributed by atoms with van der Waals surface area (Å²) in [4.78, 5) is 13.8. The molecule has 0 fully saturated rings. The van der Waals surface area contributed by atoms with Gasteiger partial charge in [-0.2, -0.15) is 11.8 Å². The van der Waals surface area contributed by atoms with Crippen molar-refractivity contribution < 1.29 is 4.79 Å². The van der Waals surface area contributed by atoms with Gasteiger partial charge < -0.3 is 4.90 Å². The van der Waals surface area contributed by atoms with Crippen molar-refractivity contribution in [1.82, 2.24) is 4.90 Å². The molecule has 0 aromatic heterocycles. The molecule has 0 aliphatic heterocycles. The van der Waals surface area contributed by atoms with Gasteiger partial charge in [0.15, 0.2) is 0 Å². The molecule has 15 heavy (non-hydrogen) atoms. The van der Waals surface area contributed by atoms with E-state index in [4.69, 9.17) is 0 Å². The smallest absolute Gasteiger partial charge is 0.254 e. The lowest BCUT2D eigenvalue weighted by molar-refractivity contribution is 0.0803. The van der Waals surface area contributed by atoms with E-state index in [0.717, 1.165) is 21.4 Å². The molecule has 0 aliphatic rings. The van der Waals surface area contributed by atoms with Crippen molar-refractivity contribution in [1.29, 1.82) is 0 Å². The number of rotatable bonds is 4. The standard InChI is InChI=1S/C11H14INOS/c1-13(7-8-15-2)11(14)9-5-3-4-6-10(9)12/h3-6H,7-8H2,1-2H3. The quantitative estimate of drug-likeness (QED) is 0.789. The van der Waals surface area contributed by atoms with Crippen LogP contribution in [0.4, 0.5) is 0 Å². The highest BCUT2D eigenvalue weighted by Crippen LogP contribution is 2.13. The fraction of sp³-hybridized carbons (Fsp3) is 0.364. The van der Waals surface area contributed by atoms with Gasteiger partial charge in [-0.25, -0.2) is 0 Å². The molecule has 1 rings (SSSR count).